The van der Waals surface area contributed by atoms with Crippen LogP contribution >= 0.6 is 24.0 Å². The highest BCUT2D eigenvalue weighted by Gasteiger charge is 2.13. The first-order chi connectivity index (χ1) is 14.0. The average Bonchev–Trinajstić information content (AvgIpc) is 2.73. The molecule has 0 amide bonds. The molecule has 0 heterocycles. The molecule has 0 fully saturated rings. The van der Waals surface area contributed by atoms with E-state index in [1.165, 1.54) is 0 Å². The number of ether oxygens (including phenoxy) is 1. The van der Waals surface area contributed by atoms with Gasteiger partial charge >= 0.3 is 0 Å². The molecule has 0 aliphatic heterocycles. The van der Waals surface area contributed by atoms with E-state index in [4.69, 9.17) is 4.74 Å². The van der Waals surface area contributed by atoms with Gasteiger partial charge in [0.15, 0.2) is 15.8 Å². The van der Waals surface area contributed by atoms with E-state index in [0.29, 0.717) is 37.0 Å². The maximum absolute atomic E-state index is 12.3. The molecule has 0 aliphatic rings. The third kappa shape index (κ3) is 8.51. The van der Waals surface area contributed by atoms with Gasteiger partial charge in [-0.2, -0.15) is 0 Å². The Morgan fingerprint density at radius 1 is 1.10 bits per heavy atom. The molecule has 8 heteroatoms. The van der Waals surface area contributed by atoms with E-state index in [9.17, 15) is 8.42 Å². The summed E-state index contributed by atoms with van der Waals surface area (Å²) >= 11 is 0. The number of aryl methyl sites for hydroxylation is 1. The van der Waals surface area contributed by atoms with Crippen molar-refractivity contribution in [1.29, 1.82) is 0 Å². The number of rotatable bonds is 10. The summed E-state index contributed by atoms with van der Waals surface area (Å²) in [5.41, 5.74) is 2.21. The van der Waals surface area contributed by atoms with Crippen LogP contribution in [0.5, 0.6) is 5.75 Å². The SMILES string of the molecule is CCCOc1cc(C)ccc1CNC(=NC)NCCCS(=O)(=O)c1ccccc1.I. The second kappa shape index (κ2) is 13.5. The van der Waals surface area contributed by atoms with Crippen LogP contribution in [-0.2, 0) is 16.4 Å². The molecule has 30 heavy (non-hydrogen) atoms. The summed E-state index contributed by atoms with van der Waals surface area (Å²) in [5.74, 6) is 1.60. The van der Waals surface area contributed by atoms with Crippen molar-refractivity contribution in [1.82, 2.24) is 10.6 Å². The number of hydrogen-bond donors (Lipinski definition) is 2. The monoisotopic (exact) mass is 545 g/mol. The standard InChI is InChI=1S/C22H31N3O3S.HI/c1-4-14-28-21-16-18(2)11-12-19(21)17-25-22(23-3)24-13-8-15-29(26,27)20-9-6-5-7-10-20;/h5-7,9-12,16H,4,8,13-15,17H2,1-3H3,(H2,23,24,25);1H. The lowest BCUT2D eigenvalue weighted by atomic mass is 10.1. The minimum Gasteiger partial charge on any atom is -0.493 e. The predicted molar refractivity (Wildman–Crippen MR) is 134 cm³/mol. The Morgan fingerprint density at radius 2 is 1.83 bits per heavy atom. The number of aliphatic imine (C=N–C) groups is 1. The normalized spacial score (nSPS) is 11.5. The highest BCUT2D eigenvalue weighted by Crippen LogP contribution is 2.20. The van der Waals surface area contributed by atoms with Crippen molar-refractivity contribution in [3.63, 3.8) is 0 Å². The van der Waals surface area contributed by atoms with Gasteiger partial charge in [-0.15, -0.1) is 24.0 Å². The number of hydrogen-bond acceptors (Lipinski definition) is 4. The highest BCUT2D eigenvalue weighted by molar-refractivity contribution is 14.0. The van der Waals surface area contributed by atoms with Crippen molar-refractivity contribution in [2.45, 2.75) is 38.1 Å². The summed E-state index contributed by atoms with van der Waals surface area (Å²) in [7, 11) is -1.56. The van der Waals surface area contributed by atoms with Crippen LogP contribution in [0.15, 0.2) is 58.4 Å². The van der Waals surface area contributed by atoms with Crippen molar-refractivity contribution < 1.29 is 13.2 Å². The fourth-order valence-corrected chi connectivity index (χ4v) is 4.10. The predicted octanol–water partition coefficient (Wildman–Crippen LogP) is 3.93. The summed E-state index contributed by atoms with van der Waals surface area (Å²) in [6.07, 6.45) is 1.45. The summed E-state index contributed by atoms with van der Waals surface area (Å²) in [6.45, 7) is 5.89. The van der Waals surface area contributed by atoms with Gasteiger partial charge in [0.1, 0.15) is 5.75 Å². The molecule has 0 saturated carbocycles. The van der Waals surface area contributed by atoms with Crippen LogP contribution in [0.3, 0.4) is 0 Å². The first-order valence-electron chi connectivity index (χ1n) is 9.91. The molecule has 0 saturated heterocycles. The molecule has 0 unspecified atom stereocenters. The van der Waals surface area contributed by atoms with Crippen LogP contribution in [0, 0.1) is 6.92 Å². The second-order valence-electron chi connectivity index (χ2n) is 6.80. The fraction of sp³-hybridized carbons (Fsp3) is 0.409. The maximum atomic E-state index is 12.3. The van der Waals surface area contributed by atoms with Crippen LogP contribution < -0.4 is 15.4 Å². The Bertz CT molecular complexity index is 903. The fourth-order valence-electron chi connectivity index (χ4n) is 2.77. The second-order valence-corrected chi connectivity index (χ2v) is 8.91. The third-order valence-corrected chi connectivity index (χ3v) is 6.16. The van der Waals surface area contributed by atoms with Gasteiger partial charge in [-0.3, -0.25) is 4.99 Å². The van der Waals surface area contributed by atoms with E-state index in [0.717, 1.165) is 23.3 Å². The molecule has 6 nitrogen and oxygen atoms in total. The Morgan fingerprint density at radius 3 is 2.50 bits per heavy atom. The lowest BCUT2D eigenvalue weighted by molar-refractivity contribution is 0.313. The van der Waals surface area contributed by atoms with Gasteiger partial charge in [-0.1, -0.05) is 37.3 Å². The Kier molecular flexibility index (Phi) is 11.8. The molecule has 2 aromatic carbocycles. The lowest BCUT2D eigenvalue weighted by Crippen LogP contribution is -2.37. The molecular weight excluding hydrogens is 513 g/mol. The molecular formula is C22H32IN3O3S. The molecule has 0 atom stereocenters. The van der Waals surface area contributed by atoms with Crippen LogP contribution in [0.25, 0.3) is 0 Å². The van der Waals surface area contributed by atoms with Gasteiger partial charge in [0.2, 0.25) is 0 Å². The lowest BCUT2D eigenvalue weighted by Gasteiger charge is -2.15. The molecule has 166 valence electrons. The minimum atomic E-state index is -3.26. The zero-order chi connectivity index (χ0) is 21.1. The van der Waals surface area contributed by atoms with Crippen molar-refractivity contribution in [2.75, 3.05) is 26.0 Å². The van der Waals surface area contributed by atoms with Crippen molar-refractivity contribution in [3.8, 4) is 5.75 Å². The zero-order valence-corrected chi connectivity index (χ0v) is 21.0. The number of sulfone groups is 1. The van der Waals surface area contributed by atoms with Gasteiger partial charge in [0.05, 0.1) is 17.3 Å². The number of benzene rings is 2. The van der Waals surface area contributed by atoms with Crippen LogP contribution in [0.2, 0.25) is 0 Å². The Labute approximate surface area is 197 Å². The first-order valence-corrected chi connectivity index (χ1v) is 11.6. The third-order valence-electron chi connectivity index (χ3n) is 4.34. The summed E-state index contributed by atoms with van der Waals surface area (Å²) in [5, 5.41) is 6.43. The van der Waals surface area contributed by atoms with Crippen molar-refractivity contribution in [2.24, 2.45) is 4.99 Å². The summed E-state index contributed by atoms with van der Waals surface area (Å²) in [6, 6.07) is 14.7. The zero-order valence-electron chi connectivity index (χ0n) is 17.8. The molecule has 2 aromatic rings. The van der Waals surface area contributed by atoms with Gasteiger partial charge in [-0.05, 0) is 43.5 Å². The molecule has 0 radical (unpaired) electrons. The van der Waals surface area contributed by atoms with E-state index in [2.05, 4.69) is 28.6 Å². The van der Waals surface area contributed by atoms with E-state index in [1.807, 2.05) is 25.1 Å². The molecule has 0 bridgehead atoms. The Hall–Kier alpha value is -1.81. The van der Waals surface area contributed by atoms with Gasteiger partial charge in [-0.25, -0.2) is 8.42 Å². The number of halogens is 1. The van der Waals surface area contributed by atoms with Crippen molar-refractivity contribution >= 4 is 39.8 Å². The van der Waals surface area contributed by atoms with E-state index >= 15 is 0 Å². The van der Waals surface area contributed by atoms with E-state index in [-0.39, 0.29) is 29.7 Å². The van der Waals surface area contributed by atoms with Crippen molar-refractivity contribution in [3.05, 3.63) is 59.7 Å². The number of guanidine groups is 1. The molecule has 2 N–H and O–H groups in total. The molecule has 0 spiro atoms. The highest BCUT2D eigenvalue weighted by atomic mass is 127. The summed E-state index contributed by atoms with van der Waals surface area (Å²) < 4.78 is 30.5. The quantitative estimate of drug-likeness (QED) is 0.205. The summed E-state index contributed by atoms with van der Waals surface area (Å²) in [4.78, 5) is 4.57. The minimum absolute atomic E-state index is 0. The van der Waals surface area contributed by atoms with E-state index in [1.54, 1.807) is 31.3 Å². The average molecular weight is 545 g/mol. The molecule has 2 rings (SSSR count). The Balaban J connectivity index is 0.00000450. The van der Waals surface area contributed by atoms with Gasteiger partial charge in [0, 0.05) is 25.7 Å². The topological polar surface area (TPSA) is 79.8 Å². The van der Waals surface area contributed by atoms with Gasteiger partial charge < -0.3 is 15.4 Å². The number of nitrogens with one attached hydrogen (secondary N) is 2. The molecule has 0 aromatic heterocycles. The first kappa shape index (κ1) is 26.2. The largest absolute Gasteiger partial charge is 0.493 e. The van der Waals surface area contributed by atoms with Crippen LogP contribution in [0.1, 0.15) is 30.9 Å². The van der Waals surface area contributed by atoms with Crippen LogP contribution in [0.4, 0.5) is 0 Å². The maximum Gasteiger partial charge on any atom is 0.191 e. The van der Waals surface area contributed by atoms with Crippen LogP contribution in [-0.4, -0.2) is 40.3 Å². The number of nitrogens with zero attached hydrogens (tertiary/aromatic N) is 1. The molecule has 0 aliphatic carbocycles. The smallest absolute Gasteiger partial charge is 0.191 e. The van der Waals surface area contributed by atoms with E-state index < -0.39 is 9.84 Å². The van der Waals surface area contributed by atoms with Gasteiger partial charge in [0.25, 0.3) is 0 Å².